The van der Waals surface area contributed by atoms with Crippen LogP contribution >= 0.6 is 0 Å². The van der Waals surface area contributed by atoms with Gasteiger partial charge in [-0.1, -0.05) is 0 Å². The number of H-pyrrole nitrogens is 1. The Morgan fingerprint density at radius 2 is 1.63 bits per heavy atom. The maximum absolute atomic E-state index is 11.3. The van der Waals surface area contributed by atoms with Crippen LogP contribution in [0.25, 0.3) is 11.2 Å². The van der Waals surface area contributed by atoms with Crippen LogP contribution in [-0.4, -0.2) is 29.9 Å². The SMILES string of the molecule is NNc1nc2nccnc2c(=O)[nH]1.c1cnccn1. The molecule has 0 aliphatic heterocycles. The summed E-state index contributed by atoms with van der Waals surface area (Å²) in [6.07, 6.45) is 9.43. The Balaban J connectivity index is 0.000000186. The van der Waals surface area contributed by atoms with Crippen molar-refractivity contribution in [3.8, 4) is 0 Å². The van der Waals surface area contributed by atoms with E-state index < -0.39 is 0 Å². The van der Waals surface area contributed by atoms with Crippen LogP contribution in [0.5, 0.6) is 0 Å². The van der Waals surface area contributed by atoms with Crippen molar-refractivity contribution in [1.29, 1.82) is 0 Å². The Labute approximate surface area is 107 Å². The Morgan fingerprint density at radius 1 is 1.00 bits per heavy atom. The lowest BCUT2D eigenvalue weighted by molar-refractivity contribution is 1.08. The second-order valence-electron chi connectivity index (χ2n) is 3.18. The summed E-state index contributed by atoms with van der Waals surface area (Å²) in [7, 11) is 0. The molecule has 9 nitrogen and oxygen atoms in total. The first kappa shape index (κ1) is 12.5. The molecule has 0 aliphatic rings. The van der Waals surface area contributed by atoms with Gasteiger partial charge >= 0.3 is 0 Å². The Kier molecular flexibility index (Phi) is 4.03. The maximum atomic E-state index is 11.3. The molecule has 0 saturated heterocycles. The van der Waals surface area contributed by atoms with E-state index >= 15 is 0 Å². The smallest absolute Gasteiger partial charge is 0.280 e. The number of anilines is 1. The molecule has 3 aromatic rings. The van der Waals surface area contributed by atoms with E-state index in [1.807, 2.05) is 0 Å². The van der Waals surface area contributed by atoms with Gasteiger partial charge in [0.05, 0.1) is 0 Å². The number of nitrogens with zero attached hydrogens (tertiary/aromatic N) is 5. The number of aromatic amines is 1. The first-order valence-electron chi connectivity index (χ1n) is 5.19. The van der Waals surface area contributed by atoms with Gasteiger partial charge in [-0.25, -0.2) is 15.8 Å². The summed E-state index contributed by atoms with van der Waals surface area (Å²) in [5, 5.41) is 0. The van der Waals surface area contributed by atoms with Crippen molar-refractivity contribution in [2.45, 2.75) is 0 Å². The zero-order valence-corrected chi connectivity index (χ0v) is 9.69. The van der Waals surface area contributed by atoms with Gasteiger partial charge in [0.15, 0.2) is 11.2 Å². The molecule has 0 unspecified atom stereocenters. The van der Waals surface area contributed by atoms with Crippen molar-refractivity contribution >= 4 is 17.1 Å². The third-order valence-corrected chi connectivity index (χ3v) is 1.96. The van der Waals surface area contributed by atoms with Crippen LogP contribution < -0.4 is 16.8 Å². The molecule has 96 valence electrons. The monoisotopic (exact) mass is 258 g/mol. The topological polar surface area (TPSA) is 135 Å². The summed E-state index contributed by atoms with van der Waals surface area (Å²) >= 11 is 0. The lowest BCUT2D eigenvalue weighted by atomic mass is 10.5. The number of fused-ring (bicyclic) bond motifs is 1. The minimum Gasteiger partial charge on any atom is -0.294 e. The van der Waals surface area contributed by atoms with E-state index in [2.05, 4.69) is 35.3 Å². The van der Waals surface area contributed by atoms with Gasteiger partial charge in [0.1, 0.15) is 0 Å². The number of nitrogen functional groups attached to an aromatic ring is 1. The van der Waals surface area contributed by atoms with Gasteiger partial charge in [-0.2, -0.15) is 4.98 Å². The van der Waals surface area contributed by atoms with Crippen molar-refractivity contribution in [2.75, 3.05) is 5.43 Å². The average molecular weight is 258 g/mol. The molecule has 4 N–H and O–H groups in total. The normalized spacial score (nSPS) is 9.53. The number of hydrogen-bond acceptors (Lipinski definition) is 8. The summed E-state index contributed by atoms with van der Waals surface area (Å²) in [4.78, 5) is 32.7. The molecule has 19 heavy (non-hydrogen) atoms. The molecule has 0 amide bonds. The fraction of sp³-hybridized carbons (Fsp3) is 0. The van der Waals surface area contributed by atoms with Crippen LogP contribution in [0.2, 0.25) is 0 Å². The summed E-state index contributed by atoms with van der Waals surface area (Å²) < 4.78 is 0. The quantitative estimate of drug-likeness (QED) is 0.391. The molecule has 0 aliphatic carbocycles. The second-order valence-corrected chi connectivity index (χ2v) is 3.18. The predicted molar refractivity (Wildman–Crippen MR) is 67.8 cm³/mol. The van der Waals surface area contributed by atoms with Gasteiger partial charge in [-0.3, -0.25) is 25.2 Å². The third kappa shape index (κ3) is 3.26. The van der Waals surface area contributed by atoms with Crippen molar-refractivity contribution < 1.29 is 0 Å². The van der Waals surface area contributed by atoms with Gasteiger partial charge in [0.25, 0.3) is 5.56 Å². The highest BCUT2D eigenvalue weighted by Crippen LogP contribution is 1.99. The molecule has 3 rings (SSSR count). The van der Waals surface area contributed by atoms with Crippen molar-refractivity contribution in [3.05, 3.63) is 47.5 Å². The van der Waals surface area contributed by atoms with Crippen LogP contribution in [0, 0.1) is 0 Å². The zero-order chi connectivity index (χ0) is 13.5. The van der Waals surface area contributed by atoms with Crippen LogP contribution in [0.4, 0.5) is 5.95 Å². The van der Waals surface area contributed by atoms with Crippen molar-refractivity contribution in [1.82, 2.24) is 29.9 Å². The molecule has 3 aromatic heterocycles. The summed E-state index contributed by atoms with van der Waals surface area (Å²) in [5.74, 6) is 5.24. The highest BCUT2D eigenvalue weighted by molar-refractivity contribution is 5.68. The molecule has 0 atom stereocenters. The number of hydrogen-bond donors (Lipinski definition) is 3. The molecule has 0 aromatic carbocycles. The van der Waals surface area contributed by atoms with Crippen LogP contribution in [0.3, 0.4) is 0 Å². The minimum absolute atomic E-state index is 0.165. The van der Waals surface area contributed by atoms with Crippen molar-refractivity contribution in [3.63, 3.8) is 0 Å². The maximum Gasteiger partial charge on any atom is 0.280 e. The van der Waals surface area contributed by atoms with Gasteiger partial charge in [0, 0.05) is 37.2 Å². The molecule has 0 spiro atoms. The highest BCUT2D eigenvalue weighted by atomic mass is 16.1. The summed E-state index contributed by atoms with van der Waals surface area (Å²) in [6.45, 7) is 0. The lowest BCUT2D eigenvalue weighted by Gasteiger charge is -1.98. The van der Waals surface area contributed by atoms with E-state index in [0.717, 1.165) is 0 Å². The van der Waals surface area contributed by atoms with E-state index in [4.69, 9.17) is 5.84 Å². The van der Waals surface area contributed by atoms with E-state index in [1.165, 1.54) is 12.4 Å². The summed E-state index contributed by atoms with van der Waals surface area (Å²) in [5.41, 5.74) is 2.32. The van der Waals surface area contributed by atoms with Crippen LogP contribution in [0.1, 0.15) is 0 Å². The molecular formula is C10H10N8O. The number of nitrogens with one attached hydrogen (secondary N) is 2. The van der Waals surface area contributed by atoms with Gasteiger partial charge in [-0.05, 0) is 0 Å². The molecule has 0 saturated carbocycles. The molecule has 0 bridgehead atoms. The summed E-state index contributed by atoms with van der Waals surface area (Å²) in [6, 6.07) is 0. The first-order valence-corrected chi connectivity index (χ1v) is 5.19. The van der Waals surface area contributed by atoms with E-state index in [0.29, 0.717) is 0 Å². The van der Waals surface area contributed by atoms with E-state index in [9.17, 15) is 4.79 Å². The Hall–Kier alpha value is -2.94. The Morgan fingerprint density at radius 3 is 2.21 bits per heavy atom. The predicted octanol–water partition coefficient (Wildman–Crippen LogP) is -0.525. The van der Waals surface area contributed by atoms with E-state index in [-0.39, 0.29) is 22.7 Å². The van der Waals surface area contributed by atoms with Crippen LogP contribution in [-0.2, 0) is 0 Å². The largest absolute Gasteiger partial charge is 0.294 e. The number of hydrazine groups is 1. The molecule has 9 heteroatoms. The fourth-order valence-electron chi connectivity index (χ4n) is 1.19. The highest BCUT2D eigenvalue weighted by Gasteiger charge is 2.03. The molecule has 0 fully saturated rings. The van der Waals surface area contributed by atoms with Gasteiger partial charge in [0.2, 0.25) is 5.95 Å². The van der Waals surface area contributed by atoms with E-state index in [1.54, 1.807) is 24.8 Å². The lowest BCUT2D eigenvalue weighted by Crippen LogP contribution is -2.17. The van der Waals surface area contributed by atoms with Gasteiger partial charge < -0.3 is 0 Å². The number of rotatable bonds is 1. The second kappa shape index (κ2) is 6.12. The first-order chi connectivity index (χ1) is 9.31. The minimum atomic E-state index is -0.369. The zero-order valence-electron chi connectivity index (χ0n) is 9.69. The van der Waals surface area contributed by atoms with Crippen LogP contribution in [0.15, 0.2) is 42.0 Å². The molecule has 3 heterocycles. The number of aromatic nitrogens is 6. The number of nitrogens with two attached hydrogens (primary N) is 1. The third-order valence-electron chi connectivity index (χ3n) is 1.96. The standard InChI is InChI=1S/C6H6N6O.C4H4N2/c7-12-6-10-4-3(5(13)11-6)8-1-2-9-4;1-2-6-4-3-5-1/h1-2H,7H2,(H2,9,10,11,12,13);1-4H. The Bertz CT molecular complexity index is 672. The van der Waals surface area contributed by atoms with Gasteiger partial charge in [-0.15, -0.1) is 0 Å². The molecule has 0 radical (unpaired) electrons. The molecular weight excluding hydrogens is 248 g/mol. The van der Waals surface area contributed by atoms with Crippen molar-refractivity contribution in [2.24, 2.45) is 5.84 Å². The fourth-order valence-corrected chi connectivity index (χ4v) is 1.19. The average Bonchev–Trinajstić information content (AvgIpc) is 2.49.